The van der Waals surface area contributed by atoms with E-state index in [1.807, 2.05) is 0 Å². The summed E-state index contributed by atoms with van der Waals surface area (Å²) in [5, 5.41) is 79.7. The third kappa shape index (κ3) is 6.01. The molecule has 0 amide bonds. The summed E-state index contributed by atoms with van der Waals surface area (Å²) in [5.41, 5.74) is -0.224. The molecule has 15 nitrogen and oxygen atoms in total. The maximum absolute atomic E-state index is 13.6. The maximum Gasteiger partial charge on any atom is 0.335 e. The zero-order valence-electron chi connectivity index (χ0n) is 27.2. The lowest BCUT2D eigenvalue weighted by Crippen LogP contribution is -2.61. The normalized spacial score (nSPS) is 52.1. The lowest BCUT2D eigenvalue weighted by molar-refractivity contribution is -0.309. The Bertz CT molecular complexity index is 1230. The van der Waals surface area contributed by atoms with Crippen LogP contribution in [0.3, 0.4) is 0 Å². The summed E-state index contributed by atoms with van der Waals surface area (Å²) in [4.78, 5) is 36.6. The number of hydrogen-bond donors (Lipinski definition) is 8. The molecule has 2 heterocycles. The van der Waals surface area contributed by atoms with Crippen molar-refractivity contribution in [2.45, 2.75) is 139 Å². The molecule has 0 aromatic rings. The van der Waals surface area contributed by atoms with Crippen molar-refractivity contribution in [3.8, 4) is 0 Å². The summed E-state index contributed by atoms with van der Waals surface area (Å²) in [6, 6.07) is 0. The predicted molar refractivity (Wildman–Crippen MR) is 160 cm³/mol. The molecule has 6 rings (SSSR count). The van der Waals surface area contributed by atoms with E-state index in [1.54, 1.807) is 0 Å². The Balaban J connectivity index is 1.06. The van der Waals surface area contributed by atoms with Gasteiger partial charge in [-0.25, -0.2) is 9.59 Å². The monoisotopic (exact) mass is 686 g/mol. The molecule has 18 atom stereocenters. The summed E-state index contributed by atoms with van der Waals surface area (Å²) in [7, 11) is 0. The Kier molecular flexibility index (Phi) is 10.1. The molecule has 15 heteroatoms. The molecule has 48 heavy (non-hydrogen) atoms. The van der Waals surface area contributed by atoms with Crippen LogP contribution in [-0.4, -0.2) is 133 Å². The van der Waals surface area contributed by atoms with Gasteiger partial charge in [0.25, 0.3) is 0 Å². The lowest BCUT2D eigenvalue weighted by atomic mass is 9.44. The van der Waals surface area contributed by atoms with E-state index in [2.05, 4.69) is 13.8 Å². The van der Waals surface area contributed by atoms with Gasteiger partial charge in [0.15, 0.2) is 30.6 Å². The molecule has 4 aliphatic carbocycles. The molecule has 0 aromatic heterocycles. The number of rotatable bonds is 8. The fraction of sp³-hybridized carbons (Fsp3) is 0.909. The minimum absolute atomic E-state index is 0.0290. The van der Waals surface area contributed by atoms with Gasteiger partial charge in [0.2, 0.25) is 0 Å². The van der Waals surface area contributed by atoms with Gasteiger partial charge in [-0.2, -0.15) is 0 Å². The Morgan fingerprint density at radius 2 is 1.23 bits per heavy atom. The second kappa shape index (κ2) is 13.4. The van der Waals surface area contributed by atoms with E-state index < -0.39 is 80.0 Å². The molecule has 5 unspecified atom stereocenters. The van der Waals surface area contributed by atoms with Crippen LogP contribution in [0.15, 0.2) is 0 Å². The van der Waals surface area contributed by atoms with Gasteiger partial charge >= 0.3 is 11.9 Å². The number of aliphatic carboxylic acids is 2. The van der Waals surface area contributed by atoms with E-state index in [9.17, 15) is 55.2 Å². The second-order valence-corrected chi connectivity index (χ2v) is 15.6. The molecule has 6 aliphatic rings. The van der Waals surface area contributed by atoms with E-state index >= 15 is 0 Å². The van der Waals surface area contributed by atoms with Crippen LogP contribution in [-0.2, 0) is 33.3 Å². The number of carboxylic acid groups (broad SMARTS) is 2. The standard InChI is InChI=1S/C33H50O15/c1-32-9-7-14(46-31-25(40)21(36)23(38)27(48-31)29(43)44)11-13(32)3-4-15-16-5-6-18(33(16,2)10-8-17(15)32)19(34)12-45-30-24(39)20(35)22(37)26(47-30)28(41)42/h13-18,20-27,30-31,35-40H,3-12H2,1-2H3,(H,41,42)(H,43,44)/t13-,14-,15?,16?,17?,18-,20+,21+,22+,23+,24-,25-,26+,27+,30?,31?,32+,33+/m1/s1. The van der Waals surface area contributed by atoms with Crippen molar-refractivity contribution in [3.63, 3.8) is 0 Å². The minimum atomic E-state index is -1.84. The number of ether oxygens (including phenoxy) is 4. The number of ketones is 1. The average molecular weight is 687 g/mol. The van der Waals surface area contributed by atoms with Crippen LogP contribution in [0, 0.1) is 40.4 Å². The second-order valence-electron chi connectivity index (χ2n) is 15.6. The van der Waals surface area contributed by atoms with Gasteiger partial charge < -0.3 is 59.8 Å². The first-order valence-corrected chi connectivity index (χ1v) is 17.2. The molecule has 8 N–H and O–H groups in total. The number of carbonyl (C=O) groups is 3. The Labute approximate surface area is 278 Å². The molecule has 4 saturated carbocycles. The molecule has 2 aliphatic heterocycles. The molecule has 0 aromatic carbocycles. The van der Waals surface area contributed by atoms with Crippen LogP contribution < -0.4 is 0 Å². The van der Waals surface area contributed by atoms with Crippen LogP contribution >= 0.6 is 0 Å². The first-order chi connectivity index (χ1) is 22.6. The van der Waals surface area contributed by atoms with Crippen molar-refractivity contribution in [3.05, 3.63) is 0 Å². The van der Waals surface area contributed by atoms with Crippen molar-refractivity contribution < 1.29 is 74.2 Å². The topological polar surface area (TPSA) is 250 Å². The highest BCUT2D eigenvalue weighted by atomic mass is 16.7. The highest BCUT2D eigenvalue weighted by Crippen LogP contribution is 2.67. The van der Waals surface area contributed by atoms with Gasteiger partial charge in [0, 0.05) is 5.92 Å². The molecule has 0 spiro atoms. The summed E-state index contributed by atoms with van der Waals surface area (Å²) in [6.45, 7) is 4.11. The van der Waals surface area contributed by atoms with E-state index in [-0.39, 0.29) is 28.6 Å². The fourth-order valence-corrected chi connectivity index (χ4v) is 10.7. The van der Waals surface area contributed by atoms with E-state index in [0.29, 0.717) is 42.9 Å². The number of carbonyl (C=O) groups excluding carboxylic acids is 1. The van der Waals surface area contributed by atoms with Crippen molar-refractivity contribution in [1.29, 1.82) is 0 Å². The average Bonchev–Trinajstić information content (AvgIpc) is 3.40. The van der Waals surface area contributed by atoms with Crippen LogP contribution in [0.5, 0.6) is 0 Å². The zero-order valence-corrected chi connectivity index (χ0v) is 27.2. The summed E-state index contributed by atoms with van der Waals surface area (Å²) >= 11 is 0. The molecule has 6 fully saturated rings. The van der Waals surface area contributed by atoms with E-state index in [1.165, 1.54) is 0 Å². The SMILES string of the molecule is C[C@]12CCC3C(CC[C@@H]4C[C@H](OC5O[C@H](C(=O)O)[C@@H](O)[C@H](O)[C@H]5O)CC[C@]34C)C1CC[C@@H]2C(=O)COC1O[C@H](C(=O)O)[C@@H](O)[C@H](O)[C@H]1O. The lowest BCUT2D eigenvalue weighted by Gasteiger charge is -2.61. The van der Waals surface area contributed by atoms with Crippen LogP contribution in [0.1, 0.15) is 71.6 Å². The number of aliphatic hydroxyl groups is 6. The van der Waals surface area contributed by atoms with Crippen molar-refractivity contribution in [2.24, 2.45) is 40.4 Å². The molecule has 0 radical (unpaired) electrons. The summed E-state index contributed by atoms with van der Waals surface area (Å²) < 4.78 is 22.2. The third-order valence-corrected chi connectivity index (χ3v) is 13.3. The highest BCUT2D eigenvalue weighted by Gasteiger charge is 2.61. The van der Waals surface area contributed by atoms with Crippen molar-refractivity contribution >= 4 is 17.7 Å². The van der Waals surface area contributed by atoms with Crippen molar-refractivity contribution in [2.75, 3.05) is 6.61 Å². The first-order valence-electron chi connectivity index (χ1n) is 17.2. The Morgan fingerprint density at radius 3 is 1.85 bits per heavy atom. The largest absolute Gasteiger partial charge is 0.479 e. The number of Topliss-reactive ketones (excluding diaryl/α,β-unsaturated/α-hetero) is 1. The van der Waals surface area contributed by atoms with Gasteiger partial charge in [0.05, 0.1) is 6.10 Å². The number of hydrogen-bond acceptors (Lipinski definition) is 13. The van der Waals surface area contributed by atoms with Gasteiger partial charge in [-0.3, -0.25) is 4.79 Å². The molecule has 0 bridgehead atoms. The Hall–Kier alpha value is -1.79. The van der Waals surface area contributed by atoms with Crippen molar-refractivity contribution in [1.82, 2.24) is 0 Å². The van der Waals surface area contributed by atoms with Crippen LogP contribution in [0.25, 0.3) is 0 Å². The Morgan fingerprint density at radius 1 is 0.667 bits per heavy atom. The van der Waals surface area contributed by atoms with Crippen LogP contribution in [0.2, 0.25) is 0 Å². The minimum Gasteiger partial charge on any atom is -0.479 e. The third-order valence-electron chi connectivity index (χ3n) is 13.3. The predicted octanol–water partition coefficient (Wildman–Crippen LogP) is -0.599. The molecule has 272 valence electrons. The first kappa shape index (κ1) is 36.0. The number of carboxylic acids is 2. The van der Waals surface area contributed by atoms with Gasteiger partial charge in [0.1, 0.15) is 43.2 Å². The zero-order chi connectivity index (χ0) is 34.9. The molecular weight excluding hydrogens is 636 g/mol. The van der Waals surface area contributed by atoms with E-state index in [0.717, 1.165) is 38.5 Å². The van der Waals surface area contributed by atoms with Gasteiger partial charge in [-0.15, -0.1) is 0 Å². The molecular formula is C33H50O15. The number of fused-ring (bicyclic) bond motifs is 5. The number of aliphatic hydroxyl groups excluding tert-OH is 6. The highest BCUT2D eigenvalue weighted by molar-refractivity contribution is 5.83. The van der Waals surface area contributed by atoms with Crippen LogP contribution in [0.4, 0.5) is 0 Å². The van der Waals surface area contributed by atoms with E-state index in [4.69, 9.17) is 18.9 Å². The molecule has 2 saturated heterocycles. The summed E-state index contributed by atoms with van der Waals surface area (Å²) in [6.07, 6.45) is -9.63. The van der Waals surface area contributed by atoms with Gasteiger partial charge in [-0.05, 0) is 92.3 Å². The quantitative estimate of drug-likeness (QED) is 0.149. The smallest absolute Gasteiger partial charge is 0.335 e. The fourth-order valence-electron chi connectivity index (χ4n) is 10.7. The summed E-state index contributed by atoms with van der Waals surface area (Å²) in [5.74, 6) is -1.89. The van der Waals surface area contributed by atoms with Gasteiger partial charge in [-0.1, -0.05) is 13.8 Å². The maximum atomic E-state index is 13.6.